The van der Waals surface area contributed by atoms with Crippen LogP contribution in [0.4, 0.5) is 26.3 Å². The molecule has 1 amide bonds. The molecule has 1 aliphatic rings. The van der Waals surface area contributed by atoms with Gasteiger partial charge in [0, 0.05) is 30.9 Å². The maximum Gasteiger partial charge on any atom is 0.416 e. The Balaban J connectivity index is 1.76. The van der Waals surface area contributed by atoms with E-state index in [2.05, 4.69) is 15.5 Å². The van der Waals surface area contributed by atoms with Crippen LogP contribution >= 0.6 is 23.0 Å². The van der Waals surface area contributed by atoms with Gasteiger partial charge in [0.1, 0.15) is 29.3 Å². The highest BCUT2D eigenvalue weighted by molar-refractivity contribution is 14.1. The van der Waals surface area contributed by atoms with E-state index in [1.165, 1.54) is 0 Å². The molecule has 0 aliphatic carbocycles. The predicted molar refractivity (Wildman–Crippen MR) is 99.4 cm³/mol. The van der Waals surface area contributed by atoms with Gasteiger partial charge in [0.2, 0.25) is 0 Å². The van der Waals surface area contributed by atoms with Crippen molar-refractivity contribution in [3.8, 4) is 11.4 Å². The molecule has 1 aromatic heterocycles. The Hall–Kier alpha value is -2.20. The molecule has 0 radical (unpaired) electrons. The fraction of sp³-hybridized carbons (Fsp3) is 0.312. The number of benzene rings is 1. The molecule has 0 saturated carbocycles. The molecule has 2 aromatic rings. The average molecular weight is 547 g/mol. The Morgan fingerprint density at radius 2 is 1.73 bits per heavy atom. The molecular formula is C16H12F6IN5O2. The monoisotopic (exact) mass is 547 g/mol. The molecule has 3 rings (SSSR count). The number of nitrogens with one attached hydrogen (secondary N) is 1. The Morgan fingerprint density at radius 1 is 1.13 bits per heavy atom. The molecule has 1 fully saturated rings. The van der Waals surface area contributed by atoms with Crippen molar-refractivity contribution in [2.45, 2.75) is 18.5 Å². The van der Waals surface area contributed by atoms with Crippen LogP contribution < -0.4 is 5.43 Å². The Morgan fingerprint density at radius 3 is 2.27 bits per heavy atom. The molecule has 14 heteroatoms. The molecule has 7 nitrogen and oxygen atoms in total. The molecule has 30 heavy (non-hydrogen) atoms. The number of hydrazine groups is 1. The van der Waals surface area contributed by atoms with Gasteiger partial charge in [-0.15, -0.1) is 5.10 Å². The largest absolute Gasteiger partial charge is 0.416 e. The number of halogens is 7. The molecule has 0 unspecified atom stereocenters. The summed E-state index contributed by atoms with van der Waals surface area (Å²) in [5.41, 5.74) is -0.850. The van der Waals surface area contributed by atoms with Crippen LogP contribution in [0.3, 0.4) is 0 Å². The summed E-state index contributed by atoms with van der Waals surface area (Å²) in [4.78, 5) is 15.5. The fourth-order valence-electron chi connectivity index (χ4n) is 2.49. The Kier molecular flexibility index (Phi) is 6.37. The van der Waals surface area contributed by atoms with Gasteiger partial charge in [0.25, 0.3) is 5.91 Å². The third-order valence-electron chi connectivity index (χ3n) is 3.98. The predicted octanol–water partition coefficient (Wildman–Crippen LogP) is 3.54. The van der Waals surface area contributed by atoms with Crippen LogP contribution in [0, 0.1) is 0 Å². The van der Waals surface area contributed by atoms with E-state index in [9.17, 15) is 31.1 Å². The van der Waals surface area contributed by atoms with Crippen molar-refractivity contribution < 1.29 is 34.2 Å². The molecule has 0 atom stereocenters. The molecule has 162 valence electrons. The lowest BCUT2D eigenvalue weighted by Crippen LogP contribution is -2.58. The van der Waals surface area contributed by atoms with Crippen LogP contribution in [0.15, 0.2) is 30.6 Å². The van der Waals surface area contributed by atoms with Crippen LogP contribution in [0.25, 0.3) is 17.6 Å². The highest BCUT2D eigenvalue weighted by Crippen LogP contribution is 2.38. The normalized spacial score (nSPS) is 16.1. The molecule has 0 bridgehead atoms. The third kappa shape index (κ3) is 5.48. The quantitative estimate of drug-likeness (QED) is 0.353. The number of amides is 1. The summed E-state index contributed by atoms with van der Waals surface area (Å²) >= 11 is 1.76. The van der Waals surface area contributed by atoms with Crippen molar-refractivity contribution in [3.05, 3.63) is 41.7 Å². The van der Waals surface area contributed by atoms with E-state index < -0.39 is 35.0 Å². The molecule has 1 aliphatic heterocycles. The van der Waals surface area contributed by atoms with E-state index in [-0.39, 0.29) is 18.0 Å². The number of carbonyl (C=O) groups is 1. The van der Waals surface area contributed by atoms with Gasteiger partial charge in [0.05, 0.1) is 17.2 Å². The molecular weight excluding hydrogens is 535 g/mol. The lowest BCUT2D eigenvalue weighted by molar-refractivity contribution is -0.143. The summed E-state index contributed by atoms with van der Waals surface area (Å²) in [6, 6.07) is 1.08. The van der Waals surface area contributed by atoms with Gasteiger partial charge in [-0.1, -0.05) is 0 Å². The number of carbonyl (C=O) groups excluding carboxylic acids is 1. The van der Waals surface area contributed by atoms with E-state index in [0.29, 0.717) is 25.2 Å². The lowest BCUT2D eigenvalue weighted by atomic mass is 10.0. The molecule has 2 heterocycles. The van der Waals surface area contributed by atoms with Crippen molar-refractivity contribution >= 4 is 35.1 Å². The fourth-order valence-corrected chi connectivity index (χ4v) is 2.81. The maximum atomic E-state index is 13.0. The summed E-state index contributed by atoms with van der Waals surface area (Å²) in [5.74, 6) is -0.862. The van der Waals surface area contributed by atoms with Crippen molar-refractivity contribution in [3.63, 3.8) is 0 Å². The van der Waals surface area contributed by atoms with E-state index in [4.69, 9.17) is 3.07 Å². The van der Waals surface area contributed by atoms with Crippen molar-refractivity contribution in [1.29, 1.82) is 0 Å². The second-order valence-electron chi connectivity index (χ2n) is 6.25. The maximum absolute atomic E-state index is 13.0. The number of hydrogen-bond acceptors (Lipinski definition) is 5. The first-order valence-corrected chi connectivity index (χ1v) is 9.06. The summed E-state index contributed by atoms with van der Waals surface area (Å²) in [6.45, 7) is 1.01. The second-order valence-corrected chi connectivity index (χ2v) is 6.76. The van der Waals surface area contributed by atoms with E-state index in [1.807, 2.05) is 0 Å². The van der Waals surface area contributed by atoms with Gasteiger partial charge in [-0.2, -0.15) is 26.3 Å². The first-order chi connectivity index (χ1) is 14.0. The number of hydrogen-bond donors (Lipinski definition) is 1. The minimum Gasteiger partial charge on any atom is -0.310 e. The van der Waals surface area contributed by atoms with Gasteiger partial charge < -0.3 is 3.07 Å². The summed E-state index contributed by atoms with van der Waals surface area (Å²) < 4.78 is 83.8. The molecule has 0 spiro atoms. The van der Waals surface area contributed by atoms with Crippen molar-refractivity contribution in [1.82, 2.24) is 25.2 Å². The summed E-state index contributed by atoms with van der Waals surface area (Å²) in [5, 5.41) is 5.41. The first-order valence-electron chi connectivity index (χ1n) is 8.18. The zero-order valence-corrected chi connectivity index (χ0v) is 16.9. The van der Waals surface area contributed by atoms with Crippen LogP contribution in [0.1, 0.15) is 11.1 Å². The Labute approximate surface area is 179 Å². The first kappa shape index (κ1) is 22.5. The van der Waals surface area contributed by atoms with Gasteiger partial charge >= 0.3 is 12.4 Å². The third-order valence-corrected chi connectivity index (χ3v) is 4.69. The number of aromatic nitrogens is 3. The smallest absolute Gasteiger partial charge is 0.310 e. The standard InChI is InChI=1S/C16H12F6IN5O2/c17-15(18,19)10-3-9(4-11(5-10)16(20,21)22)14-24-8-27(26-14)2-1-13(29)25-28-6-12(7-28)30-23/h1-5,8,12H,6-7H2,(H,25,29)/b2-1-. The molecule has 1 saturated heterocycles. The summed E-state index contributed by atoms with van der Waals surface area (Å²) in [6.07, 6.45) is -6.64. The number of alkyl halides is 6. The second kappa shape index (κ2) is 8.50. The molecule has 1 N–H and O–H groups in total. The minimum absolute atomic E-state index is 0.0156. The van der Waals surface area contributed by atoms with Crippen LogP contribution in [0.5, 0.6) is 0 Å². The van der Waals surface area contributed by atoms with Gasteiger partial charge in [-0.3, -0.25) is 10.2 Å². The van der Waals surface area contributed by atoms with Crippen LogP contribution in [-0.4, -0.2) is 44.9 Å². The van der Waals surface area contributed by atoms with Gasteiger partial charge in [-0.25, -0.2) is 14.7 Å². The number of rotatable bonds is 5. The van der Waals surface area contributed by atoms with Crippen molar-refractivity contribution in [2.75, 3.05) is 13.1 Å². The Bertz CT molecular complexity index is 920. The van der Waals surface area contributed by atoms with E-state index >= 15 is 0 Å². The minimum atomic E-state index is -4.98. The van der Waals surface area contributed by atoms with Crippen LogP contribution in [-0.2, 0) is 20.2 Å². The van der Waals surface area contributed by atoms with Gasteiger partial charge in [-0.05, 0) is 18.2 Å². The average Bonchev–Trinajstić information content (AvgIpc) is 3.10. The van der Waals surface area contributed by atoms with Crippen LogP contribution in [0.2, 0.25) is 0 Å². The SMILES string of the molecule is O=C(/C=C\n1cnc(-c2cc(C(F)(F)F)cc(C(F)(F)F)c2)n1)NN1CC(OI)C1. The zero-order valence-electron chi connectivity index (χ0n) is 14.7. The zero-order chi connectivity index (χ0) is 22.1. The molecule has 1 aromatic carbocycles. The highest BCUT2D eigenvalue weighted by Gasteiger charge is 2.37. The van der Waals surface area contributed by atoms with Gasteiger partial charge in [0.15, 0.2) is 5.82 Å². The highest BCUT2D eigenvalue weighted by atomic mass is 127. The lowest BCUT2D eigenvalue weighted by Gasteiger charge is -2.36. The van der Waals surface area contributed by atoms with E-state index in [1.54, 1.807) is 28.0 Å². The number of nitrogens with zero attached hydrogens (tertiary/aromatic N) is 4. The topological polar surface area (TPSA) is 72.3 Å². The van der Waals surface area contributed by atoms with Crippen molar-refractivity contribution in [2.24, 2.45) is 0 Å². The summed E-state index contributed by atoms with van der Waals surface area (Å²) in [7, 11) is 0. The van der Waals surface area contributed by atoms with E-state index in [0.717, 1.165) is 23.3 Å².